The van der Waals surface area contributed by atoms with Crippen LogP contribution in [0.1, 0.15) is 34.1 Å². The van der Waals surface area contributed by atoms with Gasteiger partial charge < -0.3 is 15.0 Å². The highest BCUT2D eigenvalue weighted by Crippen LogP contribution is 2.29. The highest BCUT2D eigenvalue weighted by Gasteiger charge is 2.22. The number of hydrogen-bond donors (Lipinski definition) is 1. The minimum atomic E-state index is -0.634. The van der Waals surface area contributed by atoms with Crippen molar-refractivity contribution in [1.29, 1.82) is 0 Å². The zero-order valence-corrected chi connectivity index (χ0v) is 22.3. The standard InChI is InChI=1S/C28H36FN5O3/c1-18(2)30-25(35)17-34-27(21-8-6-9-24(37-5)26(21)29)31-23-11-10-20(16-22(23)28(34)36)33-13-7-12-32(14-15-33)19(3)4/h6,8-11,16,18-19H,7,12-15,17H2,1-5H3,(H,30,35). The van der Waals surface area contributed by atoms with Gasteiger partial charge in [-0.3, -0.25) is 19.1 Å². The second-order valence-corrected chi connectivity index (χ2v) is 10.0. The number of fused-ring (bicyclic) bond motifs is 1. The molecule has 1 saturated heterocycles. The Balaban J connectivity index is 1.82. The summed E-state index contributed by atoms with van der Waals surface area (Å²) in [5.74, 6) is -0.856. The van der Waals surface area contributed by atoms with Crippen LogP contribution in [-0.4, -0.2) is 65.7 Å². The Morgan fingerprint density at radius 2 is 1.89 bits per heavy atom. The molecule has 37 heavy (non-hydrogen) atoms. The topological polar surface area (TPSA) is 79.7 Å². The summed E-state index contributed by atoms with van der Waals surface area (Å²) in [5, 5.41) is 3.20. The SMILES string of the molecule is COc1cccc(-c2nc3ccc(N4CCCN(C(C)C)CC4)cc3c(=O)n2CC(=O)NC(C)C)c1F. The lowest BCUT2D eigenvalue weighted by Gasteiger charge is -2.26. The molecule has 8 nitrogen and oxygen atoms in total. The number of methoxy groups -OCH3 is 1. The fraction of sp³-hybridized carbons (Fsp3) is 0.464. The summed E-state index contributed by atoms with van der Waals surface area (Å²) in [4.78, 5) is 35.9. The Labute approximate surface area is 217 Å². The highest BCUT2D eigenvalue weighted by molar-refractivity contribution is 5.85. The van der Waals surface area contributed by atoms with Crippen LogP contribution in [0, 0.1) is 5.82 Å². The third-order valence-corrected chi connectivity index (χ3v) is 6.74. The minimum absolute atomic E-state index is 0.0389. The van der Waals surface area contributed by atoms with E-state index in [1.54, 1.807) is 12.1 Å². The van der Waals surface area contributed by atoms with Crippen LogP contribution in [0.15, 0.2) is 41.2 Å². The van der Waals surface area contributed by atoms with Gasteiger partial charge in [-0.15, -0.1) is 0 Å². The number of hydrogen-bond acceptors (Lipinski definition) is 6. The molecule has 0 spiro atoms. The van der Waals surface area contributed by atoms with E-state index in [1.165, 1.54) is 23.8 Å². The molecule has 1 amide bonds. The number of amides is 1. The van der Waals surface area contributed by atoms with Crippen molar-refractivity contribution in [3.63, 3.8) is 0 Å². The molecule has 1 fully saturated rings. The third kappa shape index (κ3) is 5.77. The summed E-state index contributed by atoms with van der Waals surface area (Å²) in [6.07, 6.45) is 1.03. The van der Waals surface area contributed by atoms with Crippen LogP contribution in [0.3, 0.4) is 0 Å². The number of halogens is 1. The fourth-order valence-electron chi connectivity index (χ4n) is 4.82. The zero-order chi connectivity index (χ0) is 26.7. The second-order valence-electron chi connectivity index (χ2n) is 10.0. The van der Waals surface area contributed by atoms with Crippen molar-refractivity contribution >= 4 is 22.5 Å². The van der Waals surface area contributed by atoms with Gasteiger partial charge in [0.05, 0.1) is 23.6 Å². The van der Waals surface area contributed by atoms with Gasteiger partial charge in [0.2, 0.25) is 5.91 Å². The zero-order valence-electron chi connectivity index (χ0n) is 22.3. The average molecular weight is 510 g/mol. The van der Waals surface area contributed by atoms with Gasteiger partial charge >= 0.3 is 0 Å². The van der Waals surface area contributed by atoms with Gasteiger partial charge in [0.15, 0.2) is 11.6 Å². The molecule has 1 aliphatic rings. The van der Waals surface area contributed by atoms with E-state index in [4.69, 9.17) is 4.74 Å². The van der Waals surface area contributed by atoms with Crippen molar-refractivity contribution in [2.45, 2.75) is 52.7 Å². The van der Waals surface area contributed by atoms with Gasteiger partial charge in [0, 0.05) is 44.0 Å². The molecule has 2 heterocycles. The summed E-state index contributed by atoms with van der Waals surface area (Å²) in [7, 11) is 1.38. The molecule has 1 aromatic heterocycles. The molecule has 1 aliphatic heterocycles. The third-order valence-electron chi connectivity index (χ3n) is 6.74. The van der Waals surface area contributed by atoms with E-state index < -0.39 is 5.82 Å². The maximum absolute atomic E-state index is 15.3. The largest absolute Gasteiger partial charge is 0.494 e. The van der Waals surface area contributed by atoms with Gasteiger partial charge in [0.25, 0.3) is 5.56 Å². The van der Waals surface area contributed by atoms with E-state index >= 15 is 4.39 Å². The molecule has 9 heteroatoms. The number of nitrogens with zero attached hydrogens (tertiary/aromatic N) is 4. The quantitative estimate of drug-likeness (QED) is 0.524. The molecule has 4 rings (SSSR count). The van der Waals surface area contributed by atoms with Crippen molar-refractivity contribution < 1.29 is 13.9 Å². The minimum Gasteiger partial charge on any atom is -0.494 e. The van der Waals surface area contributed by atoms with Crippen molar-refractivity contribution in [1.82, 2.24) is 19.8 Å². The van der Waals surface area contributed by atoms with E-state index in [2.05, 4.69) is 33.9 Å². The Hall–Kier alpha value is -3.46. The van der Waals surface area contributed by atoms with Crippen LogP contribution in [0.5, 0.6) is 5.75 Å². The summed E-state index contributed by atoms with van der Waals surface area (Å²) < 4.78 is 21.7. The van der Waals surface area contributed by atoms with Crippen LogP contribution >= 0.6 is 0 Å². The summed E-state index contributed by atoms with van der Waals surface area (Å²) in [6, 6.07) is 10.7. The van der Waals surface area contributed by atoms with Gasteiger partial charge in [-0.1, -0.05) is 6.07 Å². The maximum atomic E-state index is 15.3. The molecule has 0 saturated carbocycles. The molecule has 1 N–H and O–H groups in total. The van der Waals surface area contributed by atoms with Crippen molar-refractivity contribution in [2.24, 2.45) is 0 Å². The Morgan fingerprint density at radius 3 is 2.59 bits per heavy atom. The molecule has 0 atom stereocenters. The van der Waals surface area contributed by atoms with E-state index in [-0.39, 0.29) is 41.2 Å². The first-order chi connectivity index (χ1) is 17.7. The lowest BCUT2D eigenvalue weighted by molar-refractivity contribution is -0.122. The lowest BCUT2D eigenvalue weighted by Crippen LogP contribution is -2.37. The number of anilines is 1. The number of nitrogens with one attached hydrogen (secondary N) is 1. The summed E-state index contributed by atoms with van der Waals surface area (Å²) in [5.41, 5.74) is 1.10. The average Bonchev–Trinajstić information content (AvgIpc) is 3.12. The van der Waals surface area contributed by atoms with Crippen LogP contribution in [-0.2, 0) is 11.3 Å². The summed E-state index contributed by atoms with van der Waals surface area (Å²) in [6.45, 7) is 11.6. The van der Waals surface area contributed by atoms with Crippen LogP contribution < -0.4 is 20.5 Å². The van der Waals surface area contributed by atoms with Gasteiger partial charge in [-0.05, 0) is 64.4 Å². The number of rotatable bonds is 7. The number of carbonyl (C=O) groups excluding carboxylic acids is 1. The lowest BCUT2D eigenvalue weighted by atomic mass is 10.1. The Morgan fingerprint density at radius 1 is 1.11 bits per heavy atom. The predicted molar refractivity (Wildman–Crippen MR) is 145 cm³/mol. The second kappa shape index (κ2) is 11.3. The van der Waals surface area contributed by atoms with E-state index in [1.807, 2.05) is 26.0 Å². The van der Waals surface area contributed by atoms with Crippen LogP contribution in [0.4, 0.5) is 10.1 Å². The van der Waals surface area contributed by atoms with Gasteiger partial charge in [-0.2, -0.15) is 0 Å². The summed E-state index contributed by atoms with van der Waals surface area (Å²) >= 11 is 0. The smallest absolute Gasteiger partial charge is 0.262 e. The monoisotopic (exact) mass is 509 g/mol. The van der Waals surface area contributed by atoms with Crippen LogP contribution in [0.25, 0.3) is 22.3 Å². The molecule has 3 aromatic rings. The van der Waals surface area contributed by atoms with Gasteiger partial charge in [-0.25, -0.2) is 9.37 Å². The molecular formula is C28H36FN5O3. The molecule has 2 aromatic carbocycles. The molecule has 0 radical (unpaired) electrons. The van der Waals surface area contributed by atoms with Crippen molar-refractivity contribution in [3.05, 3.63) is 52.6 Å². The molecule has 0 unspecified atom stereocenters. The Bertz CT molecular complexity index is 1340. The highest BCUT2D eigenvalue weighted by atomic mass is 19.1. The van der Waals surface area contributed by atoms with E-state index in [0.29, 0.717) is 16.9 Å². The molecular weight excluding hydrogens is 473 g/mol. The van der Waals surface area contributed by atoms with E-state index in [9.17, 15) is 9.59 Å². The van der Waals surface area contributed by atoms with Crippen molar-refractivity contribution in [2.75, 3.05) is 38.2 Å². The normalized spacial score (nSPS) is 14.9. The predicted octanol–water partition coefficient (Wildman–Crippen LogP) is 3.66. The van der Waals surface area contributed by atoms with Gasteiger partial charge in [0.1, 0.15) is 12.4 Å². The van der Waals surface area contributed by atoms with Crippen molar-refractivity contribution in [3.8, 4) is 17.1 Å². The molecule has 0 bridgehead atoms. The number of carbonyl (C=O) groups is 1. The number of benzene rings is 2. The van der Waals surface area contributed by atoms with E-state index in [0.717, 1.165) is 38.3 Å². The number of ether oxygens (including phenoxy) is 1. The Kier molecular flexibility index (Phi) is 8.12. The fourth-order valence-corrected chi connectivity index (χ4v) is 4.82. The number of aromatic nitrogens is 2. The first-order valence-electron chi connectivity index (χ1n) is 12.9. The maximum Gasteiger partial charge on any atom is 0.262 e. The van der Waals surface area contributed by atoms with Crippen LogP contribution in [0.2, 0.25) is 0 Å². The first kappa shape index (κ1) is 26.6. The molecule has 0 aliphatic carbocycles. The first-order valence-corrected chi connectivity index (χ1v) is 12.9. The molecule has 198 valence electrons.